The zero-order valence-electron chi connectivity index (χ0n) is 7.53. The molecule has 1 aliphatic rings. The Balaban J connectivity index is 0.000000226. The van der Waals surface area contributed by atoms with Crippen molar-refractivity contribution in [2.24, 2.45) is 0 Å². The molecule has 1 rings (SSSR count). The first-order chi connectivity index (χ1) is 6.20. The Morgan fingerprint density at radius 1 is 1.38 bits per heavy atom. The summed E-state index contributed by atoms with van der Waals surface area (Å²) < 4.78 is 3.97. The maximum absolute atomic E-state index is 9.92. The van der Waals surface area contributed by atoms with Gasteiger partial charge in [0, 0.05) is 12.2 Å². The van der Waals surface area contributed by atoms with Gasteiger partial charge in [-0.3, -0.25) is 0 Å². The predicted molar refractivity (Wildman–Crippen MR) is 49.9 cm³/mol. The van der Waals surface area contributed by atoms with E-state index < -0.39 is 11.9 Å². The Hall–Kier alpha value is -1.64. The third kappa shape index (κ3) is 6.75. The third-order valence-electron chi connectivity index (χ3n) is 1.06. The van der Waals surface area contributed by atoms with Crippen molar-refractivity contribution in [1.29, 1.82) is 0 Å². The van der Waals surface area contributed by atoms with Crippen molar-refractivity contribution in [2.75, 3.05) is 0 Å². The Morgan fingerprint density at radius 3 is 2.08 bits per heavy atom. The van der Waals surface area contributed by atoms with Gasteiger partial charge in [0.25, 0.3) is 0 Å². The molecule has 0 aromatic rings. The first kappa shape index (κ1) is 11.4. The number of allylic oxidation sites excluding steroid dienone is 3. The van der Waals surface area contributed by atoms with E-state index in [-0.39, 0.29) is 0 Å². The van der Waals surface area contributed by atoms with Gasteiger partial charge >= 0.3 is 11.9 Å². The molecule has 0 radical (unpaired) electrons. The number of rotatable bonds is 2. The van der Waals surface area contributed by atoms with Crippen LogP contribution in [0.25, 0.3) is 0 Å². The highest BCUT2D eigenvalue weighted by molar-refractivity contribution is 6.04. The van der Waals surface area contributed by atoms with E-state index in [1.54, 1.807) is 6.08 Å². The summed E-state index contributed by atoms with van der Waals surface area (Å²) in [4.78, 5) is 19.8. The van der Waals surface area contributed by atoms with Crippen LogP contribution in [0, 0.1) is 0 Å². The Morgan fingerprint density at radius 2 is 1.92 bits per heavy atom. The van der Waals surface area contributed by atoms with E-state index in [0.29, 0.717) is 0 Å². The molecule has 0 amide bonds. The fourth-order valence-corrected chi connectivity index (χ4v) is 0.536. The quantitative estimate of drug-likeness (QED) is 0.369. The number of esters is 2. The summed E-state index contributed by atoms with van der Waals surface area (Å²) in [6.07, 6.45) is 9.06. The molecule has 0 bridgehead atoms. The van der Waals surface area contributed by atoms with Crippen LogP contribution in [-0.4, -0.2) is 11.9 Å². The molecule has 13 heavy (non-hydrogen) atoms. The van der Waals surface area contributed by atoms with Crippen LogP contribution in [0.5, 0.6) is 0 Å². The van der Waals surface area contributed by atoms with E-state index in [9.17, 15) is 9.59 Å². The first-order valence-corrected chi connectivity index (χ1v) is 3.92. The van der Waals surface area contributed by atoms with E-state index in [2.05, 4.69) is 24.3 Å². The number of hydrogen-bond acceptors (Lipinski definition) is 3. The highest BCUT2D eigenvalue weighted by Gasteiger charge is 2.10. The van der Waals surface area contributed by atoms with Crippen molar-refractivity contribution in [3.05, 3.63) is 37.0 Å². The van der Waals surface area contributed by atoms with E-state index in [1.807, 2.05) is 6.08 Å². The minimum Gasteiger partial charge on any atom is -0.387 e. The normalized spacial score (nSPS) is 13.9. The van der Waals surface area contributed by atoms with E-state index >= 15 is 0 Å². The molecular weight excluding hydrogens is 168 g/mol. The highest BCUT2D eigenvalue weighted by atomic mass is 16.6. The SMILES string of the molecule is C=CC=CCC.O=C1C=CC(=O)O1. The maximum atomic E-state index is 9.92. The van der Waals surface area contributed by atoms with E-state index in [4.69, 9.17) is 0 Å². The van der Waals surface area contributed by atoms with Gasteiger partial charge in [-0.15, -0.1) is 0 Å². The summed E-state index contributed by atoms with van der Waals surface area (Å²) in [6.45, 7) is 5.61. The Bertz CT molecular complexity index is 233. The van der Waals surface area contributed by atoms with Gasteiger partial charge in [0.1, 0.15) is 0 Å². The number of carbonyl (C=O) groups is 2. The fourth-order valence-electron chi connectivity index (χ4n) is 0.536. The molecular formula is C10H12O3. The van der Waals surface area contributed by atoms with Gasteiger partial charge in [-0.25, -0.2) is 9.59 Å². The van der Waals surface area contributed by atoms with Gasteiger partial charge in [0.15, 0.2) is 0 Å². The molecule has 0 spiro atoms. The molecule has 0 aromatic carbocycles. The fraction of sp³-hybridized carbons (Fsp3) is 0.200. The van der Waals surface area contributed by atoms with Crippen molar-refractivity contribution >= 4 is 11.9 Å². The lowest BCUT2D eigenvalue weighted by Crippen LogP contribution is -1.96. The standard InChI is InChI=1S/C6H10.C4H2O3/c1-3-5-6-4-2;5-3-1-2-4(6)7-3/h3,5-6H,1,4H2,2H3;1-2H. The van der Waals surface area contributed by atoms with Gasteiger partial charge in [-0.2, -0.15) is 0 Å². The Kier molecular flexibility index (Phi) is 6.15. The van der Waals surface area contributed by atoms with Gasteiger partial charge in [-0.05, 0) is 6.42 Å². The molecule has 0 aromatic heterocycles. The van der Waals surface area contributed by atoms with Crippen molar-refractivity contribution in [3.63, 3.8) is 0 Å². The summed E-state index contributed by atoms with van der Waals surface area (Å²) in [5.74, 6) is -1.16. The predicted octanol–water partition coefficient (Wildman–Crippen LogP) is 1.76. The van der Waals surface area contributed by atoms with Crippen LogP contribution in [0.2, 0.25) is 0 Å². The van der Waals surface area contributed by atoms with Crippen LogP contribution in [0.1, 0.15) is 13.3 Å². The number of carbonyl (C=O) groups excluding carboxylic acids is 2. The summed E-state index contributed by atoms with van der Waals surface area (Å²) in [5.41, 5.74) is 0. The minimum atomic E-state index is -0.579. The molecule has 0 unspecified atom stereocenters. The smallest absolute Gasteiger partial charge is 0.338 e. The van der Waals surface area contributed by atoms with Gasteiger partial charge in [-0.1, -0.05) is 31.7 Å². The van der Waals surface area contributed by atoms with Gasteiger partial charge < -0.3 is 4.74 Å². The molecule has 1 heterocycles. The zero-order chi connectivity index (χ0) is 10.1. The molecule has 0 saturated heterocycles. The van der Waals surface area contributed by atoms with E-state index in [0.717, 1.165) is 18.6 Å². The summed E-state index contributed by atoms with van der Waals surface area (Å²) in [7, 11) is 0. The molecule has 0 atom stereocenters. The van der Waals surface area contributed by atoms with Crippen LogP contribution in [0.4, 0.5) is 0 Å². The number of ether oxygens (including phenoxy) is 1. The molecule has 1 aliphatic heterocycles. The highest BCUT2D eigenvalue weighted by Crippen LogP contribution is 1.92. The summed E-state index contributed by atoms with van der Waals surface area (Å²) in [6, 6.07) is 0. The maximum Gasteiger partial charge on any atom is 0.338 e. The van der Waals surface area contributed by atoms with E-state index in [1.165, 1.54) is 0 Å². The van der Waals surface area contributed by atoms with Crippen molar-refractivity contribution in [3.8, 4) is 0 Å². The van der Waals surface area contributed by atoms with Crippen LogP contribution >= 0.6 is 0 Å². The number of cyclic esters (lactones) is 2. The van der Waals surface area contributed by atoms with Gasteiger partial charge in [0.05, 0.1) is 0 Å². The van der Waals surface area contributed by atoms with Crippen molar-refractivity contribution in [1.82, 2.24) is 0 Å². The van der Waals surface area contributed by atoms with Crippen molar-refractivity contribution in [2.45, 2.75) is 13.3 Å². The molecule has 0 fully saturated rings. The second-order valence-corrected chi connectivity index (χ2v) is 2.15. The second-order valence-electron chi connectivity index (χ2n) is 2.15. The lowest BCUT2D eigenvalue weighted by molar-refractivity contribution is -0.150. The second kappa shape index (κ2) is 7.03. The minimum absolute atomic E-state index is 0.579. The topological polar surface area (TPSA) is 43.4 Å². The molecule has 0 N–H and O–H groups in total. The first-order valence-electron chi connectivity index (χ1n) is 3.92. The monoisotopic (exact) mass is 180 g/mol. The van der Waals surface area contributed by atoms with Gasteiger partial charge in [0.2, 0.25) is 0 Å². The molecule has 0 aliphatic carbocycles. The lowest BCUT2D eigenvalue weighted by Gasteiger charge is -1.80. The third-order valence-corrected chi connectivity index (χ3v) is 1.06. The molecule has 0 saturated carbocycles. The summed E-state index contributed by atoms with van der Waals surface area (Å²) >= 11 is 0. The Labute approximate surface area is 77.4 Å². The average molecular weight is 180 g/mol. The molecule has 3 heteroatoms. The summed E-state index contributed by atoms with van der Waals surface area (Å²) in [5, 5.41) is 0. The van der Waals surface area contributed by atoms with Crippen molar-refractivity contribution < 1.29 is 14.3 Å². The van der Waals surface area contributed by atoms with Crippen LogP contribution in [-0.2, 0) is 14.3 Å². The average Bonchev–Trinajstić information content (AvgIpc) is 2.47. The van der Waals surface area contributed by atoms with Crippen LogP contribution in [0.15, 0.2) is 37.0 Å². The lowest BCUT2D eigenvalue weighted by atomic mass is 10.4. The number of hydrogen-bond donors (Lipinski definition) is 0. The van der Waals surface area contributed by atoms with Crippen LogP contribution in [0.3, 0.4) is 0 Å². The largest absolute Gasteiger partial charge is 0.387 e. The van der Waals surface area contributed by atoms with Crippen LogP contribution < -0.4 is 0 Å². The molecule has 3 nitrogen and oxygen atoms in total. The zero-order valence-corrected chi connectivity index (χ0v) is 7.53. The molecule has 70 valence electrons.